The predicted molar refractivity (Wildman–Crippen MR) is 172 cm³/mol. The summed E-state index contributed by atoms with van der Waals surface area (Å²) in [5.74, 6) is -0.481. The number of aryl methyl sites for hydroxylation is 1. The average Bonchev–Trinajstić information content (AvgIpc) is 3.42. The molecule has 42 heavy (non-hydrogen) atoms. The first kappa shape index (κ1) is 29.9. The SMILES string of the molecule is Cc1c(CO[Si](C)(C)C(C)(C)C)sc2c1C(c1ccc(Nc3ccccc3)cc1)=N[C@@H](C(C)C(=O)O)c1nnc(C)n1-2. The number of rotatable bonds is 8. The van der Waals surface area contributed by atoms with Crippen LogP contribution in [0.5, 0.6) is 0 Å². The third-order valence-electron chi connectivity index (χ3n) is 8.50. The molecular weight excluding hydrogens is 563 g/mol. The second kappa shape index (κ2) is 11.2. The van der Waals surface area contributed by atoms with Crippen molar-refractivity contribution in [3.8, 4) is 5.00 Å². The predicted octanol–water partition coefficient (Wildman–Crippen LogP) is 7.82. The highest BCUT2D eigenvalue weighted by Crippen LogP contribution is 2.43. The Labute approximate surface area is 252 Å². The minimum absolute atomic E-state index is 0.0929. The number of benzene rings is 2. The average molecular weight is 602 g/mol. The van der Waals surface area contributed by atoms with Crippen LogP contribution in [0, 0.1) is 19.8 Å². The van der Waals surface area contributed by atoms with Gasteiger partial charge in [0.1, 0.15) is 16.9 Å². The zero-order chi connectivity index (χ0) is 30.4. The number of para-hydroxylation sites is 1. The van der Waals surface area contributed by atoms with Crippen molar-refractivity contribution in [2.24, 2.45) is 10.9 Å². The molecule has 0 saturated carbocycles. The van der Waals surface area contributed by atoms with E-state index in [-0.39, 0.29) is 5.04 Å². The van der Waals surface area contributed by atoms with E-state index < -0.39 is 26.2 Å². The van der Waals surface area contributed by atoms with Crippen molar-refractivity contribution < 1.29 is 14.3 Å². The molecule has 0 aliphatic carbocycles. The van der Waals surface area contributed by atoms with Crippen LogP contribution in [0.3, 0.4) is 0 Å². The molecule has 2 aromatic carbocycles. The molecule has 3 heterocycles. The summed E-state index contributed by atoms with van der Waals surface area (Å²) >= 11 is 1.65. The molecule has 0 radical (unpaired) electrons. The van der Waals surface area contributed by atoms with Crippen LogP contribution >= 0.6 is 11.3 Å². The number of aromatic nitrogens is 3. The first-order chi connectivity index (χ1) is 19.8. The standard InChI is InChI=1S/C32H39N5O3SSi/c1-19-25(18-40-42(7,8)32(4,5)6)41-30-26(19)28(22-14-16-24(17-15-22)33-23-12-10-9-11-13-23)34-27(20(2)31(38)39)29-36-35-21(3)37(29)30/h9-17,20,27,33H,18H2,1-8H3,(H,38,39)/t20?,27-/m0/s1. The monoisotopic (exact) mass is 601 g/mol. The highest BCUT2D eigenvalue weighted by atomic mass is 32.1. The third kappa shape index (κ3) is 5.58. The molecule has 0 bridgehead atoms. The van der Waals surface area contributed by atoms with E-state index >= 15 is 0 Å². The molecule has 4 aromatic rings. The minimum atomic E-state index is -1.99. The van der Waals surface area contributed by atoms with E-state index in [1.807, 2.05) is 66.1 Å². The van der Waals surface area contributed by atoms with E-state index in [1.54, 1.807) is 18.3 Å². The molecular formula is C32H39N5O3SSi. The molecule has 220 valence electrons. The van der Waals surface area contributed by atoms with Gasteiger partial charge in [0.15, 0.2) is 14.1 Å². The highest BCUT2D eigenvalue weighted by molar-refractivity contribution is 7.15. The zero-order valence-electron chi connectivity index (χ0n) is 25.5. The largest absolute Gasteiger partial charge is 0.481 e. The summed E-state index contributed by atoms with van der Waals surface area (Å²) in [7, 11) is -1.99. The molecule has 2 atom stereocenters. The van der Waals surface area contributed by atoms with Crippen LogP contribution < -0.4 is 5.32 Å². The van der Waals surface area contributed by atoms with Crippen LogP contribution in [0.2, 0.25) is 18.1 Å². The quantitative estimate of drug-likeness (QED) is 0.200. The van der Waals surface area contributed by atoms with Gasteiger partial charge < -0.3 is 14.8 Å². The molecule has 1 aliphatic rings. The number of fused-ring (bicyclic) bond motifs is 3. The number of anilines is 2. The molecule has 1 aliphatic heterocycles. The summed E-state index contributed by atoms with van der Waals surface area (Å²) in [6.45, 7) is 17.5. The number of nitrogens with one attached hydrogen (secondary N) is 1. The number of aliphatic carboxylic acids is 1. The van der Waals surface area contributed by atoms with Crippen LogP contribution in [-0.2, 0) is 15.8 Å². The van der Waals surface area contributed by atoms with E-state index in [0.29, 0.717) is 18.3 Å². The van der Waals surface area contributed by atoms with Gasteiger partial charge in [-0.05, 0) is 68.7 Å². The second-order valence-electron chi connectivity index (χ2n) is 12.4. The Morgan fingerprint density at radius 3 is 2.33 bits per heavy atom. The highest BCUT2D eigenvalue weighted by Gasteiger charge is 2.39. The van der Waals surface area contributed by atoms with E-state index in [2.05, 4.69) is 56.3 Å². The molecule has 0 saturated heterocycles. The lowest BCUT2D eigenvalue weighted by atomic mass is 9.98. The molecule has 2 aromatic heterocycles. The fourth-order valence-electron chi connectivity index (χ4n) is 4.75. The van der Waals surface area contributed by atoms with Gasteiger partial charge in [-0.3, -0.25) is 14.4 Å². The Kier molecular flexibility index (Phi) is 7.99. The van der Waals surface area contributed by atoms with Gasteiger partial charge in [0.2, 0.25) is 0 Å². The lowest BCUT2D eigenvalue weighted by molar-refractivity contribution is -0.141. The van der Waals surface area contributed by atoms with Crippen LogP contribution in [0.1, 0.15) is 67.0 Å². The number of carbonyl (C=O) groups is 1. The normalized spacial score (nSPS) is 15.8. The van der Waals surface area contributed by atoms with Crippen LogP contribution in [-0.4, -0.2) is 39.9 Å². The van der Waals surface area contributed by atoms with Gasteiger partial charge in [-0.2, -0.15) is 0 Å². The van der Waals surface area contributed by atoms with Crippen molar-refractivity contribution in [1.29, 1.82) is 0 Å². The smallest absolute Gasteiger partial charge is 0.308 e. The first-order valence-electron chi connectivity index (χ1n) is 14.2. The number of hydrogen-bond donors (Lipinski definition) is 2. The summed E-state index contributed by atoms with van der Waals surface area (Å²) in [5.41, 5.74) is 5.68. The molecule has 2 N–H and O–H groups in total. The van der Waals surface area contributed by atoms with Gasteiger partial charge in [-0.15, -0.1) is 21.5 Å². The van der Waals surface area contributed by atoms with Crippen molar-refractivity contribution >= 4 is 42.7 Å². The van der Waals surface area contributed by atoms with Crippen LogP contribution in [0.4, 0.5) is 11.4 Å². The van der Waals surface area contributed by atoms with E-state index in [4.69, 9.17) is 9.42 Å². The molecule has 0 amide bonds. The molecule has 1 unspecified atom stereocenters. The van der Waals surface area contributed by atoms with Gasteiger partial charge in [-0.1, -0.05) is 51.1 Å². The lowest BCUT2D eigenvalue weighted by Crippen LogP contribution is -2.40. The molecule has 0 spiro atoms. The maximum atomic E-state index is 12.2. The summed E-state index contributed by atoms with van der Waals surface area (Å²) < 4.78 is 8.65. The number of hydrogen-bond acceptors (Lipinski definition) is 7. The van der Waals surface area contributed by atoms with Crippen molar-refractivity contribution in [3.63, 3.8) is 0 Å². The van der Waals surface area contributed by atoms with Gasteiger partial charge >= 0.3 is 5.97 Å². The Morgan fingerprint density at radius 1 is 1.07 bits per heavy atom. The van der Waals surface area contributed by atoms with Crippen molar-refractivity contribution in [1.82, 2.24) is 14.8 Å². The Bertz CT molecular complexity index is 1630. The maximum absolute atomic E-state index is 12.2. The van der Waals surface area contributed by atoms with E-state index in [0.717, 1.165) is 43.7 Å². The van der Waals surface area contributed by atoms with Crippen LogP contribution in [0.15, 0.2) is 59.6 Å². The Hall–Kier alpha value is -3.60. The van der Waals surface area contributed by atoms with Crippen molar-refractivity contribution in [3.05, 3.63) is 87.8 Å². The zero-order valence-corrected chi connectivity index (χ0v) is 27.3. The van der Waals surface area contributed by atoms with Crippen LogP contribution in [0.25, 0.3) is 5.00 Å². The van der Waals surface area contributed by atoms with Gasteiger partial charge in [0.25, 0.3) is 0 Å². The Balaban J connectivity index is 1.63. The maximum Gasteiger partial charge on any atom is 0.308 e. The molecule has 0 fully saturated rings. The summed E-state index contributed by atoms with van der Waals surface area (Å²) in [6.07, 6.45) is 0. The van der Waals surface area contributed by atoms with Gasteiger partial charge in [0.05, 0.1) is 18.2 Å². The second-order valence-corrected chi connectivity index (χ2v) is 18.3. The van der Waals surface area contributed by atoms with Crippen molar-refractivity contribution in [2.45, 2.75) is 72.3 Å². The third-order valence-corrected chi connectivity index (χ3v) is 14.2. The topological polar surface area (TPSA) is 102 Å². The number of carboxylic acids is 1. The van der Waals surface area contributed by atoms with Crippen molar-refractivity contribution in [2.75, 3.05) is 5.32 Å². The fourth-order valence-corrected chi connectivity index (χ4v) is 7.07. The molecule has 8 nitrogen and oxygen atoms in total. The Morgan fingerprint density at radius 2 is 1.71 bits per heavy atom. The van der Waals surface area contributed by atoms with E-state index in [9.17, 15) is 9.90 Å². The first-order valence-corrected chi connectivity index (χ1v) is 17.9. The summed E-state index contributed by atoms with van der Waals surface area (Å²) in [5, 5.41) is 23.3. The van der Waals surface area contributed by atoms with Gasteiger partial charge in [-0.25, -0.2) is 0 Å². The number of nitrogens with zero attached hydrogens (tertiary/aromatic N) is 4. The minimum Gasteiger partial charge on any atom is -0.481 e. The number of carboxylic acid groups (broad SMARTS) is 1. The van der Waals surface area contributed by atoms with Gasteiger partial charge in [0, 0.05) is 27.4 Å². The molecule has 10 heteroatoms. The summed E-state index contributed by atoms with van der Waals surface area (Å²) in [6, 6.07) is 17.5. The number of aliphatic imine (C=N–C) groups is 1. The van der Waals surface area contributed by atoms with E-state index in [1.165, 1.54) is 0 Å². The molecule has 5 rings (SSSR count). The summed E-state index contributed by atoms with van der Waals surface area (Å²) in [4.78, 5) is 18.5. The fraction of sp³-hybridized carbons (Fsp3) is 0.375. The lowest BCUT2D eigenvalue weighted by Gasteiger charge is -2.36. The number of thiophene rings is 1.